The minimum absolute atomic E-state index is 0.114. The van der Waals surface area contributed by atoms with Crippen LogP contribution in [0.25, 0.3) is 22.0 Å². The lowest BCUT2D eigenvalue weighted by molar-refractivity contribution is 0.0678. The van der Waals surface area contributed by atoms with Gasteiger partial charge >= 0.3 is 0 Å². The third-order valence-corrected chi connectivity index (χ3v) is 4.27. The normalized spacial score (nSPS) is 17.3. The van der Waals surface area contributed by atoms with Gasteiger partial charge in [0.25, 0.3) is 0 Å². The monoisotopic (exact) mass is 323 g/mol. The van der Waals surface area contributed by atoms with E-state index in [2.05, 4.69) is 4.98 Å². The van der Waals surface area contributed by atoms with Gasteiger partial charge in [0.15, 0.2) is 0 Å². The Labute approximate surface area is 140 Å². The van der Waals surface area contributed by atoms with Crippen LogP contribution in [0, 0.1) is 5.82 Å². The largest absolute Gasteiger partial charge is 0.491 e. The summed E-state index contributed by atoms with van der Waals surface area (Å²) in [5.74, 6) is 0.230. The second-order valence-electron chi connectivity index (χ2n) is 6.03. The number of aromatic nitrogens is 1. The van der Waals surface area contributed by atoms with E-state index in [4.69, 9.17) is 9.47 Å². The second kappa shape index (κ2) is 6.57. The van der Waals surface area contributed by atoms with Crippen molar-refractivity contribution in [3.05, 3.63) is 60.5 Å². The van der Waals surface area contributed by atoms with Crippen molar-refractivity contribution in [2.24, 2.45) is 0 Å². The molecule has 0 amide bonds. The number of halogens is 1. The van der Waals surface area contributed by atoms with Gasteiger partial charge in [0.2, 0.25) is 0 Å². The Morgan fingerprint density at radius 2 is 2.08 bits per heavy atom. The van der Waals surface area contributed by atoms with Crippen LogP contribution in [0.5, 0.6) is 5.75 Å². The molecule has 2 heterocycles. The van der Waals surface area contributed by atoms with Gasteiger partial charge in [-0.15, -0.1) is 0 Å². The highest BCUT2D eigenvalue weighted by Gasteiger charge is 2.16. The molecule has 0 N–H and O–H groups in total. The zero-order valence-electron chi connectivity index (χ0n) is 13.2. The molecular formula is C20H18FNO2. The topological polar surface area (TPSA) is 31.4 Å². The lowest BCUT2D eigenvalue weighted by Gasteiger charge is -2.13. The number of hydrogen-bond donors (Lipinski definition) is 0. The number of nitrogens with zero attached hydrogens (tertiary/aromatic N) is 1. The van der Waals surface area contributed by atoms with Gasteiger partial charge in [-0.05, 0) is 54.3 Å². The van der Waals surface area contributed by atoms with Crippen molar-refractivity contribution < 1.29 is 13.9 Å². The molecule has 1 fully saturated rings. The number of hydrogen-bond acceptors (Lipinski definition) is 3. The average Bonchev–Trinajstić information content (AvgIpc) is 3.13. The van der Waals surface area contributed by atoms with Crippen molar-refractivity contribution in [3.63, 3.8) is 0 Å². The molecule has 3 aromatic rings. The van der Waals surface area contributed by atoms with Gasteiger partial charge in [0, 0.05) is 24.3 Å². The maximum absolute atomic E-state index is 14.0. The van der Waals surface area contributed by atoms with Gasteiger partial charge in [-0.25, -0.2) is 4.39 Å². The van der Waals surface area contributed by atoms with Gasteiger partial charge in [-0.2, -0.15) is 0 Å². The van der Waals surface area contributed by atoms with E-state index in [9.17, 15) is 4.39 Å². The Morgan fingerprint density at radius 3 is 2.96 bits per heavy atom. The van der Waals surface area contributed by atoms with Gasteiger partial charge in [0.05, 0.1) is 11.6 Å². The molecule has 0 aliphatic carbocycles. The van der Waals surface area contributed by atoms with E-state index in [-0.39, 0.29) is 11.9 Å². The Hall–Kier alpha value is -2.46. The van der Waals surface area contributed by atoms with Gasteiger partial charge in [-0.1, -0.05) is 12.1 Å². The standard InChI is InChI=1S/C20H18FNO2/c21-17-10-16(11-19(12-17)24-13-18-4-2-8-23-18)14-5-6-20-15(9-14)3-1-7-22-20/h1,3,5-7,9-12,18H,2,4,8,13H2. The maximum Gasteiger partial charge on any atom is 0.127 e. The van der Waals surface area contributed by atoms with Crippen molar-refractivity contribution in [2.45, 2.75) is 18.9 Å². The summed E-state index contributed by atoms with van der Waals surface area (Å²) in [6.07, 6.45) is 3.94. The lowest BCUT2D eigenvalue weighted by atomic mass is 10.0. The second-order valence-corrected chi connectivity index (χ2v) is 6.03. The van der Waals surface area contributed by atoms with Gasteiger partial charge < -0.3 is 9.47 Å². The molecule has 24 heavy (non-hydrogen) atoms. The zero-order valence-corrected chi connectivity index (χ0v) is 13.2. The minimum Gasteiger partial charge on any atom is -0.491 e. The molecular weight excluding hydrogens is 305 g/mol. The van der Waals surface area contributed by atoms with Crippen molar-refractivity contribution >= 4 is 10.9 Å². The van der Waals surface area contributed by atoms with Crippen molar-refractivity contribution in [3.8, 4) is 16.9 Å². The number of benzene rings is 2. The third-order valence-electron chi connectivity index (χ3n) is 4.27. The Balaban J connectivity index is 1.61. The van der Waals surface area contributed by atoms with E-state index in [1.54, 1.807) is 6.20 Å². The lowest BCUT2D eigenvalue weighted by Crippen LogP contribution is -2.16. The van der Waals surface area contributed by atoms with Crippen LogP contribution in [-0.2, 0) is 4.74 Å². The molecule has 0 saturated carbocycles. The van der Waals surface area contributed by atoms with Gasteiger partial charge in [0.1, 0.15) is 18.2 Å². The summed E-state index contributed by atoms with van der Waals surface area (Å²) >= 11 is 0. The molecule has 122 valence electrons. The number of fused-ring (bicyclic) bond motifs is 1. The first-order valence-corrected chi connectivity index (χ1v) is 8.18. The fraction of sp³-hybridized carbons (Fsp3) is 0.250. The molecule has 1 aliphatic rings. The molecule has 0 radical (unpaired) electrons. The van der Waals surface area contributed by atoms with E-state index in [0.29, 0.717) is 12.4 Å². The quantitative estimate of drug-likeness (QED) is 0.703. The predicted octanol–water partition coefficient (Wildman–Crippen LogP) is 4.60. The first-order chi connectivity index (χ1) is 11.8. The molecule has 1 unspecified atom stereocenters. The first-order valence-electron chi connectivity index (χ1n) is 8.18. The van der Waals surface area contributed by atoms with Crippen LogP contribution in [0.15, 0.2) is 54.7 Å². The Morgan fingerprint density at radius 1 is 1.12 bits per heavy atom. The average molecular weight is 323 g/mol. The molecule has 0 bridgehead atoms. The summed E-state index contributed by atoms with van der Waals surface area (Å²) in [6, 6.07) is 14.6. The van der Waals surface area contributed by atoms with Crippen LogP contribution < -0.4 is 4.74 Å². The molecule has 1 saturated heterocycles. The van der Waals surface area contributed by atoms with E-state index in [0.717, 1.165) is 41.5 Å². The number of rotatable bonds is 4. The third kappa shape index (κ3) is 3.24. The Kier molecular flexibility index (Phi) is 4.13. The molecule has 1 aromatic heterocycles. The molecule has 0 spiro atoms. The van der Waals surface area contributed by atoms with Crippen LogP contribution >= 0.6 is 0 Å². The van der Waals surface area contributed by atoms with E-state index in [1.165, 1.54) is 12.1 Å². The van der Waals surface area contributed by atoms with Crippen molar-refractivity contribution in [2.75, 3.05) is 13.2 Å². The highest BCUT2D eigenvalue weighted by atomic mass is 19.1. The fourth-order valence-corrected chi connectivity index (χ4v) is 3.03. The van der Waals surface area contributed by atoms with Crippen LogP contribution in [0.1, 0.15) is 12.8 Å². The molecule has 1 aliphatic heterocycles. The maximum atomic E-state index is 14.0. The molecule has 2 aromatic carbocycles. The molecule has 4 heteroatoms. The summed E-state index contributed by atoms with van der Waals surface area (Å²) in [5, 5.41) is 1.03. The van der Waals surface area contributed by atoms with Crippen LogP contribution in [0.2, 0.25) is 0 Å². The number of pyridine rings is 1. The summed E-state index contributed by atoms with van der Waals surface area (Å²) in [5.41, 5.74) is 2.66. The SMILES string of the molecule is Fc1cc(OCC2CCCO2)cc(-c2ccc3ncccc3c2)c1. The van der Waals surface area contributed by atoms with Crippen LogP contribution in [0.4, 0.5) is 4.39 Å². The summed E-state index contributed by atoms with van der Waals surface area (Å²) in [4.78, 5) is 4.31. The molecule has 1 atom stereocenters. The zero-order chi connectivity index (χ0) is 16.4. The van der Waals surface area contributed by atoms with Crippen molar-refractivity contribution in [1.29, 1.82) is 0 Å². The highest BCUT2D eigenvalue weighted by molar-refractivity contribution is 5.84. The smallest absolute Gasteiger partial charge is 0.127 e. The Bertz CT molecular complexity index is 859. The summed E-state index contributed by atoms with van der Waals surface area (Å²) in [7, 11) is 0. The number of ether oxygens (including phenoxy) is 2. The van der Waals surface area contributed by atoms with E-state index >= 15 is 0 Å². The van der Waals surface area contributed by atoms with E-state index < -0.39 is 0 Å². The van der Waals surface area contributed by atoms with Gasteiger partial charge in [-0.3, -0.25) is 4.98 Å². The minimum atomic E-state index is -0.305. The molecule has 4 rings (SSSR count). The van der Waals surface area contributed by atoms with Crippen LogP contribution in [-0.4, -0.2) is 24.3 Å². The molecule has 3 nitrogen and oxygen atoms in total. The summed E-state index contributed by atoms with van der Waals surface area (Å²) < 4.78 is 25.3. The summed E-state index contributed by atoms with van der Waals surface area (Å²) in [6.45, 7) is 1.25. The van der Waals surface area contributed by atoms with Crippen molar-refractivity contribution in [1.82, 2.24) is 4.98 Å². The first kappa shape index (κ1) is 15.1. The van der Waals surface area contributed by atoms with E-state index in [1.807, 2.05) is 36.4 Å². The predicted molar refractivity (Wildman–Crippen MR) is 91.6 cm³/mol. The fourth-order valence-electron chi connectivity index (χ4n) is 3.03. The highest BCUT2D eigenvalue weighted by Crippen LogP contribution is 2.28. The van der Waals surface area contributed by atoms with Crippen LogP contribution in [0.3, 0.4) is 0 Å².